The van der Waals surface area contributed by atoms with Gasteiger partial charge in [-0.15, -0.1) is 12.3 Å². The Morgan fingerprint density at radius 2 is 2.31 bits per heavy atom. The first kappa shape index (κ1) is 13.1. The fourth-order valence-electron chi connectivity index (χ4n) is 2.24. The van der Waals surface area contributed by atoms with E-state index in [1.165, 1.54) is 0 Å². The van der Waals surface area contributed by atoms with E-state index >= 15 is 0 Å². The van der Waals surface area contributed by atoms with Crippen molar-refractivity contribution in [3.63, 3.8) is 0 Å². The van der Waals surface area contributed by atoms with Gasteiger partial charge in [-0.2, -0.15) is 0 Å². The average molecular weight is 223 g/mol. The molecule has 0 bridgehead atoms. The lowest BCUT2D eigenvalue weighted by atomic mass is 9.74. The molecule has 1 atom stereocenters. The highest BCUT2D eigenvalue weighted by Gasteiger charge is 2.38. The summed E-state index contributed by atoms with van der Waals surface area (Å²) >= 11 is 0. The van der Waals surface area contributed by atoms with Gasteiger partial charge in [-0.05, 0) is 39.2 Å². The molecule has 1 fully saturated rings. The molecule has 3 nitrogen and oxygen atoms in total. The monoisotopic (exact) mass is 223 g/mol. The Kier molecular flexibility index (Phi) is 4.37. The molecule has 1 unspecified atom stereocenters. The summed E-state index contributed by atoms with van der Waals surface area (Å²) in [6.07, 6.45) is 8.07. The van der Waals surface area contributed by atoms with Crippen molar-refractivity contribution in [2.75, 3.05) is 19.6 Å². The van der Waals surface area contributed by atoms with Crippen molar-refractivity contribution >= 4 is 5.97 Å². The van der Waals surface area contributed by atoms with Gasteiger partial charge >= 0.3 is 5.97 Å². The van der Waals surface area contributed by atoms with Gasteiger partial charge in [-0.25, -0.2) is 0 Å². The van der Waals surface area contributed by atoms with Crippen LogP contribution >= 0.6 is 0 Å². The lowest BCUT2D eigenvalue weighted by molar-refractivity contribution is -0.151. The van der Waals surface area contributed by atoms with Crippen molar-refractivity contribution in [3.8, 4) is 12.3 Å². The van der Waals surface area contributed by atoms with Crippen LogP contribution in [0.15, 0.2) is 0 Å². The zero-order valence-electron chi connectivity index (χ0n) is 10.2. The Labute approximate surface area is 97.8 Å². The molecular formula is C13H21NO2. The molecule has 1 aliphatic heterocycles. The van der Waals surface area contributed by atoms with Crippen LogP contribution in [0.25, 0.3) is 0 Å². The second-order valence-corrected chi connectivity index (χ2v) is 5.12. The molecule has 16 heavy (non-hydrogen) atoms. The Morgan fingerprint density at radius 3 is 2.88 bits per heavy atom. The Morgan fingerprint density at radius 1 is 1.62 bits per heavy atom. The van der Waals surface area contributed by atoms with Crippen molar-refractivity contribution in [1.82, 2.24) is 4.90 Å². The fraction of sp³-hybridized carbons (Fsp3) is 0.769. The van der Waals surface area contributed by atoms with Gasteiger partial charge in [0.2, 0.25) is 0 Å². The summed E-state index contributed by atoms with van der Waals surface area (Å²) in [5.41, 5.74) is -0.630. The minimum absolute atomic E-state index is 0.233. The summed E-state index contributed by atoms with van der Waals surface area (Å²) < 4.78 is 0. The van der Waals surface area contributed by atoms with Crippen LogP contribution in [0.2, 0.25) is 0 Å². The number of hydrogen-bond donors (Lipinski definition) is 1. The summed E-state index contributed by atoms with van der Waals surface area (Å²) in [6.45, 7) is 6.45. The van der Waals surface area contributed by atoms with E-state index < -0.39 is 11.4 Å². The smallest absolute Gasteiger partial charge is 0.309 e. The van der Waals surface area contributed by atoms with E-state index in [2.05, 4.69) is 10.8 Å². The maximum Gasteiger partial charge on any atom is 0.309 e. The van der Waals surface area contributed by atoms with Crippen LogP contribution in [0.5, 0.6) is 0 Å². The molecule has 1 aliphatic rings. The SMILES string of the molecule is C#CCCN1CCCC(C(C)(C)C(=O)O)C1. The highest BCUT2D eigenvalue weighted by Crippen LogP contribution is 2.34. The molecule has 90 valence electrons. The van der Waals surface area contributed by atoms with Crippen molar-refractivity contribution in [3.05, 3.63) is 0 Å². The highest BCUT2D eigenvalue weighted by atomic mass is 16.4. The minimum atomic E-state index is -0.698. The van der Waals surface area contributed by atoms with Crippen LogP contribution in [-0.2, 0) is 4.79 Å². The average Bonchev–Trinajstić information content (AvgIpc) is 2.26. The van der Waals surface area contributed by atoms with Crippen molar-refractivity contribution < 1.29 is 9.90 Å². The number of hydrogen-bond acceptors (Lipinski definition) is 2. The quantitative estimate of drug-likeness (QED) is 0.739. The van der Waals surface area contributed by atoms with Gasteiger partial charge in [0.05, 0.1) is 5.41 Å². The Balaban J connectivity index is 2.57. The number of piperidine rings is 1. The number of carboxylic acids is 1. The molecule has 1 rings (SSSR count). The number of rotatable bonds is 4. The molecule has 0 aliphatic carbocycles. The Hall–Kier alpha value is -1.01. The third-order valence-corrected chi connectivity index (χ3v) is 3.65. The molecule has 0 saturated carbocycles. The van der Waals surface area contributed by atoms with E-state index in [4.69, 9.17) is 6.42 Å². The molecular weight excluding hydrogens is 202 g/mol. The maximum absolute atomic E-state index is 11.2. The van der Waals surface area contributed by atoms with Gasteiger partial charge < -0.3 is 10.0 Å². The van der Waals surface area contributed by atoms with Crippen LogP contribution in [0.3, 0.4) is 0 Å². The zero-order chi connectivity index (χ0) is 12.2. The predicted molar refractivity (Wildman–Crippen MR) is 64.0 cm³/mol. The molecule has 1 N–H and O–H groups in total. The van der Waals surface area contributed by atoms with Gasteiger partial charge in [0.15, 0.2) is 0 Å². The molecule has 0 amide bonds. The summed E-state index contributed by atoms with van der Waals surface area (Å²) in [6, 6.07) is 0. The van der Waals surface area contributed by atoms with E-state index in [-0.39, 0.29) is 5.92 Å². The minimum Gasteiger partial charge on any atom is -0.481 e. The summed E-state index contributed by atoms with van der Waals surface area (Å²) in [5.74, 6) is 2.17. The zero-order valence-corrected chi connectivity index (χ0v) is 10.2. The lowest BCUT2D eigenvalue weighted by Crippen LogP contribution is -2.44. The van der Waals surface area contributed by atoms with Gasteiger partial charge in [0.25, 0.3) is 0 Å². The molecule has 3 heteroatoms. The van der Waals surface area contributed by atoms with Crippen molar-refractivity contribution in [2.24, 2.45) is 11.3 Å². The first-order chi connectivity index (χ1) is 7.48. The molecule has 0 radical (unpaired) electrons. The van der Waals surface area contributed by atoms with E-state index in [9.17, 15) is 9.90 Å². The number of carbonyl (C=O) groups is 1. The largest absolute Gasteiger partial charge is 0.481 e. The molecule has 0 aromatic carbocycles. The second-order valence-electron chi connectivity index (χ2n) is 5.12. The molecule has 1 heterocycles. The van der Waals surface area contributed by atoms with Crippen LogP contribution < -0.4 is 0 Å². The van der Waals surface area contributed by atoms with Gasteiger partial charge in [0.1, 0.15) is 0 Å². The molecule has 0 aromatic heterocycles. The summed E-state index contributed by atoms with van der Waals surface area (Å²) in [5, 5.41) is 9.20. The number of nitrogens with zero attached hydrogens (tertiary/aromatic N) is 1. The standard InChI is InChI=1S/C13H21NO2/c1-4-5-8-14-9-6-7-11(10-14)13(2,3)12(15)16/h1,11H,5-10H2,2-3H3,(H,15,16). The third-order valence-electron chi connectivity index (χ3n) is 3.65. The summed E-state index contributed by atoms with van der Waals surface area (Å²) in [4.78, 5) is 13.5. The topological polar surface area (TPSA) is 40.5 Å². The number of terminal acetylenes is 1. The normalized spacial score (nSPS) is 22.7. The number of likely N-dealkylation sites (tertiary alicyclic amines) is 1. The number of carboxylic acid groups (broad SMARTS) is 1. The van der Waals surface area contributed by atoms with E-state index in [1.54, 1.807) is 0 Å². The van der Waals surface area contributed by atoms with Crippen molar-refractivity contribution in [1.29, 1.82) is 0 Å². The second kappa shape index (κ2) is 5.36. The molecule has 0 spiro atoms. The van der Waals surface area contributed by atoms with Crippen LogP contribution in [0.1, 0.15) is 33.1 Å². The number of aliphatic carboxylic acids is 1. The molecule has 1 saturated heterocycles. The molecule has 0 aromatic rings. The van der Waals surface area contributed by atoms with Gasteiger partial charge in [-0.1, -0.05) is 0 Å². The lowest BCUT2D eigenvalue weighted by Gasteiger charge is -2.39. The Bertz CT molecular complexity index is 291. The first-order valence-electron chi connectivity index (χ1n) is 5.87. The van der Waals surface area contributed by atoms with Crippen molar-refractivity contribution in [2.45, 2.75) is 33.1 Å². The van der Waals surface area contributed by atoms with E-state index in [0.29, 0.717) is 0 Å². The van der Waals surface area contributed by atoms with E-state index in [1.807, 2.05) is 13.8 Å². The van der Waals surface area contributed by atoms with Crippen LogP contribution in [-0.4, -0.2) is 35.6 Å². The van der Waals surface area contributed by atoms with Gasteiger partial charge in [-0.3, -0.25) is 4.79 Å². The van der Waals surface area contributed by atoms with E-state index in [0.717, 1.165) is 38.9 Å². The predicted octanol–water partition coefficient (Wildman–Crippen LogP) is 1.83. The van der Waals surface area contributed by atoms with Crippen LogP contribution in [0, 0.1) is 23.7 Å². The maximum atomic E-state index is 11.2. The van der Waals surface area contributed by atoms with Gasteiger partial charge in [0, 0.05) is 19.5 Å². The first-order valence-corrected chi connectivity index (χ1v) is 5.87. The third kappa shape index (κ3) is 2.99. The van der Waals surface area contributed by atoms with Crippen LogP contribution in [0.4, 0.5) is 0 Å². The highest BCUT2D eigenvalue weighted by molar-refractivity contribution is 5.74. The fourth-order valence-corrected chi connectivity index (χ4v) is 2.24. The summed E-state index contributed by atoms with van der Waals surface area (Å²) in [7, 11) is 0.